The third kappa shape index (κ3) is 1.77. The molecule has 1 aromatic heterocycles. The number of aromatic nitrogens is 1. The highest BCUT2D eigenvalue weighted by atomic mass is 16.2. The molecule has 3 rings (SSSR count). The molecule has 0 spiro atoms. The Morgan fingerprint density at radius 1 is 1.45 bits per heavy atom. The molecular weight excluding hydrogens is 254 g/mol. The van der Waals surface area contributed by atoms with Crippen LogP contribution in [0, 0.1) is 5.92 Å². The summed E-state index contributed by atoms with van der Waals surface area (Å²) in [6.07, 6.45) is 5.25. The van der Waals surface area contributed by atoms with Crippen molar-refractivity contribution in [1.82, 2.24) is 9.88 Å². The van der Waals surface area contributed by atoms with Crippen molar-refractivity contribution in [1.29, 1.82) is 0 Å². The molecule has 20 heavy (non-hydrogen) atoms. The van der Waals surface area contributed by atoms with Crippen molar-refractivity contribution in [2.45, 2.75) is 38.1 Å². The molecule has 2 heterocycles. The molecule has 0 saturated heterocycles. The Kier molecular flexibility index (Phi) is 3.09. The Labute approximate surface area is 118 Å². The minimum atomic E-state index is -0.535. The largest absolute Gasteiger partial charge is 0.328 e. The van der Waals surface area contributed by atoms with Gasteiger partial charge in [-0.3, -0.25) is 19.5 Å². The van der Waals surface area contributed by atoms with Gasteiger partial charge in [-0.15, -0.1) is 0 Å². The maximum absolute atomic E-state index is 12.6. The molecule has 0 aromatic carbocycles. The first kappa shape index (κ1) is 13.2. The lowest BCUT2D eigenvalue weighted by Gasteiger charge is -2.44. The van der Waals surface area contributed by atoms with Crippen LogP contribution in [-0.2, 0) is 0 Å². The summed E-state index contributed by atoms with van der Waals surface area (Å²) in [6, 6.07) is 3.35. The minimum absolute atomic E-state index is 0.238. The normalized spacial score (nSPS) is 29.7. The van der Waals surface area contributed by atoms with Crippen LogP contribution in [0.2, 0.25) is 0 Å². The number of imide groups is 1. The van der Waals surface area contributed by atoms with E-state index < -0.39 is 5.54 Å². The third-order valence-corrected chi connectivity index (χ3v) is 4.57. The van der Waals surface area contributed by atoms with Crippen LogP contribution in [0.25, 0.3) is 0 Å². The van der Waals surface area contributed by atoms with Crippen LogP contribution in [0.1, 0.15) is 53.5 Å². The number of hydrogen-bond donors (Lipinski definition) is 1. The van der Waals surface area contributed by atoms with Gasteiger partial charge in [-0.1, -0.05) is 19.8 Å². The van der Waals surface area contributed by atoms with Crippen molar-refractivity contribution in [3.8, 4) is 0 Å². The van der Waals surface area contributed by atoms with E-state index in [1.54, 1.807) is 18.3 Å². The topological polar surface area (TPSA) is 76.3 Å². The highest BCUT2D eigenvalue weighted by Gasteiger charge is 2.50. The van der Waals surface area contributed by atoms with E-state index >= 15 is 0 Å². The van der Waals surface area contributed by atoms with Gasteiger partial charge in [0, 0.05) is 12.7 Å². The average molecular weight is 273 g/mol. The van der Waals surface area contributed by atoms with E-state index in [-0.39, 0.29) is 17.5 Å². The Hall–Kier alpha value is -1.75. The molecule has 2 aliphatic rings. The lowest BCUT2D eigenvalue weighted by molar-refractivity contribution is 0.0289. The van der Waals surface area contributed by atoms with E-state index in [2.05, 4.69) is 11.9 Å². The van der Waals surface area contributed by atoms with E-state index in [1.807, 2.05) is 0 Å². The van der Waals surface area contributed by atoms with Crippen molar-refractivity contribution in [3.63, 3.8) is 0 Å². The molecule has 2 amide bonds. The molecule has 5 heteroatoms. The van der Waals surface area contributed by atoms with E-state index in [0.29, 0.717) is 18.0 Å². The fourth-order valence-electron chi connectivity index (χ4n) is 3.61. The van der Waals surface area contributed by atoms with Crippen molar-refractivity contribution in [2.75, 3.05) is 6.54 Å². The maximum atomic E-state index is 12.6. The van der Waals surface area contributed by atoms with Crippen LogP contribution in [0.15, 0.2) is 18.3 Å². The van der Waals surface area contributed by atoms with Crippen LogP contribution in [-0.4, -0.2) is 33.8 Å². The molecule has 0 radical (unpaired) electrons. The molecule has 1 aliphatic heterocycles. The summed E-state index contributed by atoms with van der Waals surface area (Å²) in [5, 5.41) is 0. The summed E-state index contributed by atoms with van der Waals surface area (Å²) < 4.78 is 0. The number of nitrogens with two attached hydrogens (primary N) is 1. The van der Waals surface area contributed by atoms with E-state index in [0.717, 1.165) is 25.7 Å². The molecule has 2 unspecified atom stereocenters. The zero-order chi connectivity index (χ0) is 14.3. The Balaban J connectivity index is 2.02. The predicted molar refractivity (Wildman–Crippen MR) is 74.2 cm³/mol. The number of pyridine rings is 1. The fraction of sp³-hybridized carbons (Fsp3) is 0.533. The summed E-state index contributed by atoms with van der Waals surface area (Å²) in [5.41, 5.74) is 6.11. The molecular formula is C15H19N3O2. The molecule has 1 aliphatic carbocycles. The van der Waals surface area contributed by atoms with E-state index in [4.69, 9.17) is 5.73 Å². The number of carbonyl (C=O) groups excluding carboxylic acids is 2. The van der Waals surface area contributed by atoms with Gasteiger partial charge in [-0.05, 0) is 30.9 Å². The van der Waals surface area contributed by atoms with Crippen LogP contribution < -0.4 is 5.73 Å². The van der Waals surface area contributed by atoms with E-state index in [1.165, 1.54) is 4.90 Å². The van der Waals surface area contributed by atoms with E-state index in [9.17, 15) is 9.59 Å². The van der Waals surface area contributed by atoms with Crippen LogP contribution in [0.3, 0.4) is 0 Å². The number of carbonyl (C=O) groups is 2. The second-order valence-electron chi connectivity index (χ2n) is 5.98. The van der Waals surface area contributed by atoms with Gasteiger partial charge >= 0.3 is 0 Å². The Bertz CT molecular complexity index is 537. The average Bonchev–Trinajstić information content (AvgIpc) is 2.72. The summed E-state index contributed by atoms with van der Waals surface area (Å²) >= 11 is 0. The Morgan fingerprint density at radius 3 is 2.90 bits per heavy atom. The number of rotatable bonds is 2. The lowest BCUT2D eigenvalue weighted by atomic mass is 9.75. The Morgan fingerprint density at radius 2 is 2.25 bits per heavy atom. The molecule has 1 fully saturated rings. The van der Waals surface area contributed by atoms with Gasteiger partial charge in [0.05, 0.1) is 11.1 Å². The second-order valence-corrected chi connectivity index (χ2v) is 5.98. The van der Waals surface area contributed by atoms with Gasteiger partial charge in [-0.2, -0.15) is 0 Å². The van der Waals surface area contributed by atoms with Crippen molar-refractivity contribution >= 4 is 11.8 Å². The number of hydrogen-bond acceptors (Lipinski definition) is 4. The van der Waals surface area contributed by atoms with Crippen molar-refractivity contribution in [3.05, 3.63) is 29.6 Å². The first-order valence-electron chi connectivity index (χ1n) is 7.13. The second kappa shape index (κ2) is 4.66. The molecule has 2 atom stereocenters. The predicted octanol–water partition coefficient (Wildman–Crippen LogP) is 1.59. The monoisotopic (exact) mass is 273 g/mol. The summed E-state index contributed by atoms with van der Waals surface area (Å²) in [4.78, 5) is 30.6. The van der Waals surface area contributed by atoms with Crippen LogP contribution in [0.5, 0.6) is 0 Å². The SMILES string of the molecule is CC1CCCC(CN)(N2C(=O)c3cccnc3C2=O)C1. The summed E-state index contributed by atoms with van der Waals surface area (Å²) in [7, 11) is 0. The molecule has 0 bridgehead atoms. The van der Waals surface area contributed by atoms with Gasteiger partial charge in [0.15, 0.2) is 0 Å². The van der Waals surface area contributed by atoms with Crippen molar-refractivity contribution < 1.29 is 9.59 Å². The molecule has 1 aromatic rings. The molecule has 2 N–H and O–H groups in total. The van der Waals surface area contributed by atoms with Gasteiger partial charge in [0.25, 0.3) is 11.8 Å². The zero-order valence-corrected chi connectivity index (χ0v) is 11.6. The fourth-order valence-corrected chi connectivity index (χ4v) is 3.61. The highest BCUT2D eigenvalue weighted by Crippen LogP contribution is 2.40. The number of amides is 2. The summed E-state index contributed by atoms with van der Waals surface area (Å²) in [5.74, 6) is -0.0487. The van der Waals surface area contributed by atoms with Crippen LogP contribution >= 0.6 is 0 Å². The summed E-state index contributed by atoms with van der Waals surface area (Å²) in [6.45, 7) is 2.47. The first-order valence-corrected chi connectivity index (χ1v) is 7.13. The minimum Gasteiger partial charge on any atom is -0.328 e. The smallest absolute Gasteiger partial charge is 0.280 e. The quantitative estimate of drug-likeness (QED) is 0.830. The van der Waals surface area contributed by atoms with Gasteiger partial charge in [0.2, 0.25) is 0 Å². The standard InChI is InChI=1S/C15H19N3O2/c1-10-4-2-6-15(8-10,9-16)18-13(19)11-5-3-7-17-12(11)14(18)20/h3,5,7,10H,2,4,6,8-9,16H2,1H3. The number of fused-ring (bicyclic) bond motifs is 1. The van der Waals surface area contributed by atoms with Gasteiger partial charge in [-0.25, -0.2) is 0 Å². The third-order valence-electron chi connectivity index (χ3n) is 4.57. The highest BCUT2D eigenvalue weighted by molar-refractivity contribution is 6.20. The zero-order valence-electron chi connectivity index (χ0n) is 11.6. The lowest BCUT2D eigenvalue weighted by Crippen LogP contribution is -2.58. The molecule has 1 saturated carbocycles. The van der Waals surface area contributed by atoms with Crippen molar-refractivity contribution in [2.24, 2.45) is 11.7 Å². The number of nitrogens with zero attached hydrogens (tertiary/aromatic N) is 2. The maximum Gasteiger partial charge on any atom is 0.280 e. The van der Waals surface area contributed by atoms with Gasteiger partial charge < -0.3 is 5.73 Å². The van der Waals surface area contributed by atoms with Crippen LogP contribution in [0.4, 0.5) is 0 Å². The molecule has 106 valence electrons. The van der Waals surface area contributed by atoms with Gasteiger partial charge in [0.1, 0.15) is 5.69 Å². The first-order chi connectivity index (χ1) is 9.59. The molecule has 5 nitrogen and oxygen atoms in total.